The number of hydrogen-bond donors (Lipinski definition) is 1. The van der Waals surface area contributed by atoms with E-state index in [-0.39, 0.29) is 0 Å². The van der Waals surface area contributed by atoms with Crippen molar-refractivity contribution >= 4 is 0 Å². The van der Waals surface area contributed by atoms with E-state index in [0.717, 1.165) is 18.5 Å². The second kappa shape index (κ2) is 2.46. The Kier molecular flexibility index (Phi) is 1.30. The highest BCUT2D eigenvalue weighted by Gasteiger charge is 2.16. The highest BCUT2D eigenvalue weighted by Crippen LogP contribution is 2.30. The van der Waals surface area contributed by atoms with Crippen LogP contribution in [0.15, 0.2) is 24.3 Å². The standard InChI is InChI=1S/C11H9N2/c1-2-4-10-8(3-1)5-6-9-7-12-13-11(9)10/h1-4H,5-6H2,(H,12,13). The highest BCUT2D eigenvalue weighted by atomic mass is 15.1. The van der Waals surface area contributed by atoms with Gasteiger partial charge in [0.2, 0.25) is 0 Å². The molecule has 0 unspecified atom stereocenters. The summed E-state index contributed by atoms with van der Waals surface area (Å²) in [7, 11) is 0. The average Bonchev–Trinajstić information content (AvgIpc) is 2.65. The van der Waals surface area contributed by atoms with Gasteiger partial charge < -0.3 is 0 Å². The molecule has 0 aliphatic heterocycles. The Bertz CT molecular complexity index is 443. The van der Waals surface area contributed by atoms with Gasteiger partial charge in [0.25, 0.3) is 0 Å². The van der Waals surface area contributed by atoms with E-state index in [1.165, 1.54) is 16.7 Å². The van der Waals surface area contributed by atoms with Crippen LogP contribution in [0.4, 0.5) is 0 Å². The Morgan fingerprint density at radius 3 is 3.15 bits per heavy atom. The summed E-state index contributed by atoms with van der Waals surface area (Å²) >= 11 is 0. The zero-order valence-corrected chi connectivity index (χ0v) is 7.17. The van der Waals surface area contributed by atoms with E-state index in [1.807, 2.05) is 0 Å². The van der Waals surface area contributed by atoms with Crippen molar-refractivity contribution in [3.8, 4) is 11.3 Å². The molecular formula is C11H9N2. The maximum Gasteiger partial charge on any atom is 0.116 e. The van der Waals surface area contributed by atoms with Gasteiger partial charge in [0.05, 0.1) is 5.69 Å². The molecule has 3 rings (SSSR count). The van der Waals surface area contributed by atoms with Gasteiger partial charge in [-0.3, -0.25) is 5.10 Å². The number of aryl methyl sites for hydroxylation is 2. The van der Waals surface area contributed by atoms with Gasteiger partial charge in [-0.2, -0.15) is 5.10 Å². The quantitative estimate of drug-likeness (QED) is 0.641. The average molecular weight is 169 g/mol. The van der Waals surface area contributed by atoms with Gasteiger partial charge in [-0.15, -0.1) is 0 Å². The number of aromatic nitrogens is 2. The van der Waals surface area contributed by atoms with Crippen molar-refractivity contribution in [1.82, 2.24) is 10.2 Å². The van der Waals surface area contributed by atoms with Crippen molar-refractivity contribution in [2.24, 2.45) is 0 Å². The first-order valence-corrected chi connectivity index (χ1v) is 4.48. The number of nitrogens with one attached hydrogen (secondary N) is 1. The lowest BCUT2D eigenvalue weighted by molar-refractivity contribution is 0.941. The molecule has 1 aliphatic carbocycles. The SMILES string of the molecule is [c]1n[nH]c2c1CCc1ccccc1-2. The largest absolute Gasteiger partial charge is 0.277 e. The second-order valence-electron chi connectivity index (χ2n) is 3.35. The maximum atomic E-state index is 3.95. The first-order chi connectivity index (χ1) is 6.45. The van der Waals surface area contributed by atoms with Crippen LogP contribution in [0.2, 0.25) is 0 Å². The Labute approximate surface area is 76.6 Å². The molecule has 1 N–H and O–H groups in total. The molecule has 13 heavy (non-hydrogen) atoms. The van der Waals surface area contributed by atoms with E-state index in [2.05, 4.69) is 40.7 Å². The molecule has 0 saturated carbocycles. The predicted molar refractivity (Wildman–Crippen MR) is 50.3 cm³/mol. The zero-order valence-electron chi connectivity index (χ0n) is 7.17. The number of hydrogen-bond acceptors (Lipinski definition) is 1. The minimum Gasteiger partial charge on any atom is -0.277 e. The number of aromatic amines is 1. The number of benzene rings is 1. The lowest BCUT2D eigenvalue weighted by Crippen LogP contribution is -2.01. The second-order valence-corrected chi connectivity index (χ2v) is 3.35. The first kappa shape index (κ1) is 6.89. The van der Waals surface area contributed by atoms with Crippen LogP contribution in [0.5, 0.6) is 0 Å². The van der Waals surface area contributed by atoms with Crippen molar-refractivity contribution in [1.29, 1.82) is 0 Å². The lowest BCUT2D eigenvalue weighted by atomic mass is 9.91. The van der Waals surface area contributed by atoms with Crippen molar-refractivity contribution in [3.05, 3.63) is 41.6 Å². The van der Waals surface area contributed by atoms with Crippen LogP contribution < -0.4 is 0 Å². The summed E-state index contributed by atoms with van der Waals surface area (Å²) in [6, 6.07) is 8.47. The van der Waals surface area contributed by atoms with Crippen LogP contribution in [0.3, 0.4) is 0 Å². The Hall–Kier alpha value is -1.57. The third-order valence-corrected chi connectivity index (χ3v) is 2.59. The third-order valence-electron chi connectivity index (χ3n) is 2.59. The van der Waals surface area contributed by atoms with Crippen molar-refractivity contribution in [3.63, 3.8) is 0 Å². The topological polar surface area (TPSA) is 28.7 Å². The number of H-pyrrole nitrogens is 1. The normalized spacial score (nSPS) is 13.5. The minimum atomic E-state index is 1.06. The third kappa shape index (κ3) is 0.917. The molecule has 63 valence electrons. The molecule has 0 fully saturated rings. The molecule has 0 bridgehead atoms. The zero-order chi connectivity index (χ0) is 8.67. The molecule has 1 aromatic carbocycles. The van der Waals surface area contributed by atoms with Crippen molar-refractivity contribution in [2.45, 2.75) is 12.8 Å². The summed E-state index contributed by atoms with van der Waals surface area (Å²) in [5.74, 6) is 0. The summed E-state index contributed by atoms with van der Waals surface area (Å²) in [6.45, 7) is 0. The molecule has 1 heterocycles. The van der Waals surface area contributed by atoms with E-state index >= 15 is 0 Å². The van der Waals surface area contributed by atoms with Crippen LogP contribution in [0.1, 0.15) is 11.1 Å². The fourth-order valence-electron chi connectivity index (χ4n) is 1.92. The Morgan fingerprint density at radius 1 is 1.23 bits per heavy atom. The van der Waals surface area contributed by atoms with E-state index in [4.69, 9.17) is 0 Å². The minimum absolute atomic E-state index is 1.06. The molecule has 1 aliphatic rings. The van der Waals surface area contributed by atoms with Crippen LogP contribution in [-0.2, 0) is 12.8 Å². The Morgan fingerprint density at radius 2 is 2.15 bits per heavy atom. The number of nitrogens with zero attached hydrogens (tertiary/aromatic N) is 1. The monoisotopic (exact) mass is 169 g/mol. The van der Waals surface area contributed by atoms with Gasteiger partial charge >= 0.3 is 0 Å². The number of fused-ring (bicyclic) bond motifs is 3. The van der Waals surface area contributed by atoms with E-state index in [1.54, 1.807) is 0 Å². The molecule has 0 saturated heterocycles. The van der Waals surface area contributed by atoms with E-state index in [9.17, 15) is 0 Å². The van der Waals surface area contributed by atoms with Crippen LogP contribution in [-0.4, -0.2) is 10.2 Å². The van der Waals surface area contributed by atoms with Gasteiger partial charge in [-0.05, 0) is 18.4 Å². The van der Waals surface area contributed by atoms with Gasteiger partial charge in [0, 0.05) is 11.1 Å². The highest BCUT2D eigenvalue weighted by molar-refractivity contribution is 5.68. The summed E-state index contributed by atoms with van der Waals surface area (Å²) in [6.07, 6.45) is 5.16. The molecule has 1 radical (unpaired) electrons. The van der Waals surface area contributed by atoms with Gasteiger partial charge in [0.15, 0.2) is 0 Å². The fourth-order valence-corrected chi connectivity index (χ4v) is 1.92. The molecule has 0 atom stereocenters. The lowest BCUT2D eigenvalue weighted by Gasteiger charge is -2.14. The van der Waals surface area contributed by atoms with Crippen LogP contribution in [0, 0.1) is 6.20 Å². The molecule has 0 spiro atoms. The summed E-state index contributed by atoms with van der Waals surface area (Å²) in [4.78, 5) is 0. The van der Waals surface area contributed by atoms with Gasteiger partial charge in [0.1, 0.15) is 6.20 Å². The molecule has 0 amide bonds. The molecule has 2 heteroatoms. The Balaban J connectivity index is 2.30. The molecule has 1 aromatic heterocycles. The predicted octanol–water partition coefficient (Wildman–Crippen LogP) is 1.98. The molecular weight excluding hydrogens is 160 g/mol. The van der Waals surface area contributed by atoms with Crippen molar-refractivity contribution < 1.29 is 0 Å². The summed E-state index contributed by atoms with van der Waals surface area (Å²) in [5, 5.41) is 6.96. The smallest absolute Gasteiger partial charge is 0.116 e. The summed E-state index contributed by atoms with van der Waals surface area (Å²) < 4.78 is 0. The molecule has 2 nitrogen and oxygen atoms in total. The first-order valence-electron chi connectivity index (χ1n) is 4.48. The van der Waals surface area contributed by atoms with Crippen molar-refractivity contribution in [2.75, 3.05) is 0 Å². The fraction of sp³-hybridized carbons (Fsp3) is 0.182. The molecule has 2 aromatic rings. The summed E-state index contributed by atoms with van der Waals surface area (Å²) in [5.41, 5.74) is 5.07. The van der Waals surface area contributed by atoms with Crippen LogP contribution >= 0.6 is 0 Å². The van der Waals surface area contributed by atoms with E-state index < -0.39 is 0 Å². The van der Waals surface area contributed by atoms with Crippen LogP contribution in [0.25, 0.3) is 11.3 Å². The maximum absolute atomic E-state index is 3.95. The number of rotatable bonds is 0. The van der Waals surface area contributed by atoms with E-state index in [0.29, 0.717) is 0 Å². The van der Waals surface area contributed by atoms with Gasteiger partial charge in [-0.1, -0.05) is 24.3 Å². The van der Waals surface area contributed by atoms with Gasteiger partial charge in [-0.25, -0.2) is 0 Å².